The van der Waals surface area contributed by atoms with Crippen LogP contribution >= 0.6 is 0 Å². The highest BCUT2D eigenvalue weighted by Crippen LogP contribution is 2.25. The van der Waals surface area contributed by atoms with Gasteiger partial charge in [0.25, 0.3) is 0 Å². The van der Waals surface area contributed by atoms with Crippen LogP contribution in [0, 0.1) is 5.92 Å². The van der Waals surface area contributed by atoms with E-state index in [-0.39, 0.29) is 18.6 Å². The van der Waals surface area contributed by atoms with Gasteiger partial charge in [-0.25, -0.2) is 0 Å². The van der Waals surface area contributed by atoms with Crippen LogP contribution in [0.3, 0.4) is 0 Å². The molecule has 90 valence electrons. The smallest absolute Gasteiger partial charge is 0.113 e. The molecule has 0 aliphatic carbocycles. The number of methoxy groups -OCH3 is 1. The molecule has 5 atom stereocenters. The molecule has 1 saturated heterocycles. The molecule has 0 amide bonds. The highest BCUT2D eigenvalue weighted by molar-refractivity contribution is 4.96. The van der Waals surface area contributed by atoms with Crippen LogP contribution < -0.4 is 5.73 Å². The molecule has 0 saturated carbocycles. The maximum absolute atomic E-state index is 9.92. The topological polar surface area (TPSA) is 84.9 Å². The predicted molar refractivity (Wildman–Crippen MR) is 55.4 cm³/mol. The van der Waals surface area contributed by atoms with Crippen molar-refractivity contribution in [1.82, 2.24) is 0 Å². The van der Waals surface area contributed by atoms with E-state index in [0.29, 0.717) is 0 Å². The number of rotatable bonds is 3. The Balaban J connectivity index is 2.77. The van der Waals surface area contributed by atoms with Crippen molar-refractivity contribution in [1.29, 1.82) is 0 Å². The molecule has 1 aliphatic heterocycles. The summed E-state index contributed by atoms with van der Waals surface area (Å²) >= 11 is 0. The normalized spacial score (nSPS) is 42.2. The zero-order valence-electron chi connectivity index (χ0n) is 9.46. The van der Waals surface area contributed by atoms with E-state index in [0.717, 1.165) is 0 Å². The monoisotopic (exact) mass is 219 g/mol. The molecular weight excluding hydrogens is 198 g/mol. The highest BCUT2D eigenvalue weighted by Gasteiger charge is 2.44. The molecule has 0 spiro atoms. The maximum Gasteiger partial charge on any atom is 0.113 e. The number of nitrogens with two attached hydrogens (primary N) is 1. The summed E-state index contributed by atoms with van der Waals surface area (Å²) in [5.74, 6) is 0.196. The summed E-state index contributed by atoms with van der Waals surface area (Å²) in [6, 6.07) is -0.474. The average molecular weight is 219 g/mol. The maximum atomic E-state index is 9.92. The second-order valence-electron chi connectivity index (χ2n) is 4.33. The SMILES string of the molecule is COC1C(CO)OC(C(C)C)C(N)C1O. The highest BCUT2D eigenvalue weighted by atomic mass is 16.6. The summed E-state index contributed by atoms with van der Waals surface area (Å²) in [5, 5.41) is 19.1. The standard InChI is InChI=1S/C10H21NO4/c1-5(2)9-7(11)8(13)10(14-3)6(4-12)15-9/h5-10,12-13H,4,11H2,1-3H3. The molecule has 0 aromatic heterocycles. The van der Waals surface area contributed by atoms with Crippen molar-refractivity contribution < 1.29 is 19.7 Å². The Hall–Kier alpha value is -0.200. The lowest BCUT2D eigenvalue weighted by atomic mass is 9.88. The van der Waals surface area contributed by atoms with Crippen molar-refractivity contribution >= 4 is 0 Å². The van der Waals surface area contributed by atoms with Gasteiger partial charge in [0.15, 0.2) is 0 Å². The Labute approximate surface area is 90.2 Å². The van der Waals surface area contributed by atoms with E-state index in [1.54, 1.807) is 0 Å². The first-order valence-electron chi connectivity index (χ1n) is 5.25. The number of aliphatic hydroxyl groups is 2. The van der Waals surface area contributed by atoms with Gasteiger partial charge in [-0.1, -0.05) is 13.8 Å². The van der Waals surface area contributed by atoms with Crippen LogP contribution in [0.15, 0.2) is 0 Å². The second kappa shape index (κ2) is 5.23. The molecule has 1 fully saturated rings. The summed E-state index contributed by atoms with van der Waals surface area (Å²) in [6.45, 7) is 3.77. The molecule has 5 nitrogen and oxygen atoms in total. The molecule has 1 rings (SSSR count). The van der Waals surface area contributed by atoms with Crippen LogP contribution in [0.1, 0.15) is 13.8 Å². The van der Waals surface area contributed by atoms with E-state index in [2.05, 4.69) is 0 Å². The van der Waals surface area contributed by atoms with Crippen molar-refractivity contribution in [3.8, 4) is 0 Å². The minimum atomic E-state index is -0.798. The molecule has 1 aliphatic rings. The third kappa shape index (κ3) is 2.49. The van der Waals surface area contributed by atoms with Crippen molar-refractivity contribution in [3.05, 3.63) is 0 Å². The zero-order chi connectivity index (χ0) is 11.6. The fourth-order valence-corrected chi connectivity index (χ4v) is 2.04. The summed E-state index contributed by atoms with van der Waals surface area (Å²) in [4.78, 5) is 0. The van der Waals surface area contributed by atoms with E-state index >= 15 is 0 Å². The van der Waals surface area contributed by atoms with Crippen LogP contribution in [0.25, 0.3) is 0 Å². The summed E-state index contributed by atoms with van der Waals surface area (Å²) in [6.07, 6.45) is -2.10. The molecular formula is C10H21NO4. The van der Waals surface area contributed by atoms with Gasteiger partial charge in [0.1, 0.15) is 18.3 Å². The summed E-state index contributed by atoms with van der Waals surface area (Å²) in [7, 11) is 1.47. The van der Waals surface area contributed by atoms with Crippen molar-refractivity contribution in [3.63, 3.8) is 0 Å². The minimum absolute atomic E-state index is 0.175. The predicted octanol–water partition coefficient (Wildman–Crippen LogP) is -0.895. The van der Waals surface area contributed by atoms with Gasteiger partial charge in [0.05, 0.1) is 18.8 Å². The minimum Gasteiger partial charge on any atom is -0.394 e. The van der Waals surface area contributed by atoms with Crippen LogP contribution in [-0.2, 0) is 9.47 Å². The Bertz CT molecular complexity index is 198. The molecule has 1 heterocycles. The van der Waals surface area contributed by atoms with Gasteiger partial charge in [-0.05, 0) is 5.92 Å². The zero-order valence-corrected chi connectivity index (χ0v) is 9.46. The van der Waals surface area contributed by atoms with E-state index < -0.39 is 24.4 Å². The Morgan fingerprint density at radius 2 is 2.07 bits per heavy atom. The van der Waals surface area contributed by atoms with Gasteiger partial charge in [-0.2, -0.15) is 0 Å². The third-order valence-electron chi connectivity index (χ3n) is 2.92. The van der Waals surface area contributed by atoms with Gasteiger partial charge < -0.3 is 25.4 Å². The van der Waals surface area contributed by atoms with E-state index in [1.807, 2.05) is 13.8 Å². The molecule has 0 aromatic carbocycles. The first-order valence-corrected chi connectivity index (χ1v) is 5.25. The Morgan fingerprint density at radius 3 is 2.47 bits per heavy atom. The number of hydrogen-bond donors (Lipinski definition) is 3. The third-order valence-corrected chi connectivity index (χ3v) is 2.92. The Morgan fingerprint density at radius 1 is 1.47 bits per heavy atom. The first kappa shape index (κ1) is 12.9. The fourth-order valence-electron chi connectivity index (χ4n) is 2.04. The molecule has 0 aromatic rings. The lowest BCUT2D eigenvalue weighted by Crippen LogP contribution is -2.63. The van der Waals surface area contributed by atoms with Crippen molar-refractivity contribution in [2.24, 2.45) is 11.7 Å². The molecule has 5 heteroatoms. The van der Waals surface area contributed by atoms with Gasteiger partial charge in [0, 0.05) is 7.11 Å². The number of ether oxygens (including phenoxy) is 2. The van der Waals surface area contributed by atoms with Crippen LogP contribution in [0.5, 0.6) is 0 Å². The average Bonchev–Trinajstić information content (AvgIpc) is 2.21. The first-order chi connectivity index (χ1) is 7.02. The molecule has 4 N–H and O–H groups in total. The lowest BCUT2D eigenvalue weighted by molar-refractivity contribution is -0.206. The van der Waals surface area contributed by atoms with Crippen LogP contribution in [0.4, 0.5) is 0 Å². The second-order valence-corrected chi connectivity index (χ2v) is 4.33. The lowest BCUT2D eigenvalue weighted by Gasteiger charge is -2.43. The van der Waals surface area contributed by atoms with Gasteiger partial charge in [0.2, 0.25) is 0 Å². The van der Waals surface area contributed by atoms with Crippen LogP contribution in [0.2, 0.25) is 0 Å². The number of hydrogen-bond acceptors (Lipinski definition) is 5. The molecule has 0 radical (unpaired) electrons. The van der Waals surface area contributed by atoms with Crippen molar-refractivity contribution in [2.45, 2.75) is 44.3 Å². The van der Waals surface area contributed by atoms with E-state index in [1.165, 1.54) is 7.11 Å². The molecule has 0 bridgehead atoms. The van der Waals surface area contributed by atoms with Gasteiger partial charge in [-0.15, -0.1) is 0 Å². The van der Waals surface area contributed by atoms with Crippen molar-refractivity contribution in [2.75, 3.05) is 13.7 Å². The quantitative estimate of drug-likeness (QED) is 0.573. The van der Waals surface area contributed by atoms with E-state index in [9.17, 15) is 5.11 Å². The number of aliphatic hydroxyl groups excluding tert-OH is 2. The van der Waals surface area contributed by atoms with Gasteiger partial charge in [-0.3, -0.25) is 0 Å². The summed E-state index contributed by atoms with van der Waals surface area (Å²) in [5.41, 5.74) is 5.87. The summed E-state index contributed by atoms with van der Waals surface area (Å²) < 4.78 is 10.7. The fraction of sp³-hybridized carbons (Fsp3) is 1.00. The van der Waals surface area contributed by atoms with E-state index in [4.69, 9.17) is 20.3 Å². The molecule has 5 unspecified atom stereocenters. The largest absolute Gasteiger partial charge is 0.394 e. The van der Waals surface area contributed by atoms with Gasteiger partial charge >= 0.3 is 0 Å². The Kier molecular flexibility index (Phi) is 4.48. The van der Waals surface area contributed by atoms with Crippen LogP contribution in [-0.4, -0.2) is 54.4 Å². The molecule has 15 heavy (non-hydrogen) atoms.